The molecule has 0 aromatic heterocycles. The predicted molar refractivity (Wildman–Crippen MR) is 79.9 cm³/mol. The van der Waals surface area contributed by atoms with E-state index in [1.165, 1.54) is 25.7 Å². The van der Waals surface area contributed by atoms with Crippen molar-refractivity contribution in [3.63, 3.8) is 0 Å². The molecule has 1 unspecified atom stereocenters. The topological polar surface area (TPSA) is 44.5 Å². The molecular weight excluding hydrogens is 238 g/mol. The highest BCUT2D eigenvalue weighted by atomic mass is 16.5. The Kier molecular flexibility index (Phi) is 7.34. The number of unbranched alkanes of at least 4 members (excludes halogenated alkanes) is 4. The lowest BCUT2D eigenvalue weighted by atomic mass is 10.1. The van der Waals surface area contributed by atoms with E-state index in [2.05, 4.69) is 6.92 Å². The molecule has 0 radical (unpaired) electrons. The summed E-state index contributed by atoms with van der Waals surface area (Å²) in [6, 6.07) is 5.80. The van der Waals surface area contributed by atoms with Crippen LogP contribution < -0.4 is 15.2 Å². The van der Waals surface area contributed by atoms with E-state index in [1.54, 1.807) is 7.11 Å². The fourth-order valence-electron chi connectivity index (χ4n) is 2.03. The number of nitrogens with two attached hydrogens (primary N) is 1. The molecular formula is C16H27NO2. The average Bonchev–Trinajstić information content (AvgIpc) is 2.42. The average molecular weight is 265 g/mol. The number of ether oxygens (including phenoxy) is 2. The van der Waals surface area contributed by atoms with Crippen molar-refractivity contribution in [3.05, 3.63) is 23.8 Å². The Morgan fingerprint density at radius 1 is 1.16 bits per heavy atom. The van der Waals surface area contributed by atoms with Gasteiger partial charge in [-0.05, 0) is 19.4 Å². The summed E-state index contributed by atoms with van der Waals surface area (Å²) >= 11 is 0. The minimum absolute atomic E-state index is 0.0269. The van der Waals surface area contributed by atoms with Gasteiger partial charge >= 0.3 is 0 Å². The minimum Gasteiger partial charge on any atom is -0.497 e. The van der Waals surface area contributed by atoms with Gasteiger partial charge < -0.3 is 15.2 Å². The van der Waals surface area contributed by atoms with E-state index in [0.717, 1.165) is 30.1 Å². The van der Waals surface area contributed by atoms with Gasteiger partial charge in [-0.3, -0.25) is 0 Å². The molecule has 1 aromatic rings. The molecule has 0 spiro atoms. The highest BCUT2D eigenvalue weighted by Gasteiger charge is 2.09. The Labute approximate surface area is 117 Å². The molecule has 1 aromatic carbocycles. The quantitative estimate of drug-likeness (QED) is 0.685. The summed E-state index contributed by atoms with van der Waals surface area (Å²) < 4.78 is 11.1. The van der Waals surface area contributed by atoms with Crippen LogP contribution in [0.4, 0.5) is 0 Å². The second kappa shape index (κ2) is 8.81. The first kappa shape index (κ1) is 15.8. The first-order valence-electron chi connectivity index (χ1n) is 7.25. The molecule has 19 heavy (non-hydrogen) atoms. The molecule has 0 saturated carbocycles. The summed E-state index contributed by atoms with van der Waals surface area (Å²) in [5, 5.41) is 0. The predicted octanol–water partition coefficient (Wildman–Crippen LogP) is 4.06. The standard InChI is InChI=1S/C16H27NO2/c1-4-5-6-7-8-11-19-16-12-14(18-3)9-10-15(16)13(2)17/h9-10,12-13H,4-8,11,17H2,1-3H3. The van der Waals surface area contributed by atoms with Crippen molar-refractivity contribution in [1.29, 1.82) is 0 Å². The monoisotopic (exact) mass is 265 g/mol. The van der Waals surface area contributed by atoms with Crippen LogP contribution in [-0.2, 0) is 0 Å². The normalized spacial score (nSPS) is 12.2. The van der Waals surface area contributed by atoms with Gasteiger partial charge in [0, 0.05) is 17.7 Å². The maximum atomic E-state index is 5.96. The zero-order chi connectivity index (χ0) is 14.1. The molecule has 3 heteroatoms. The molecule has 0 saturated heterocycles. The van der Waals surface area contributed by atoms with Crippen LogP contribution >= 0.6 is 0 Å². The van der Waals surface area contributed by atoms with E-state index in [4.69, 9.17) is 15.2 Å². The highest BCUT2D eigenvalue weighted by molar-refractivity contribution is 5.42. The third-order valence-corrected chi connectivity index (χ3v) is 3.22. The van der Waals surface area contributed by atoms with Gasteiger partial charge in [-0.1, -0.05) is 38.7 Å². The first-order chi connectivity index (χ1) is 9.19. The minimum atomic E-state index is -0.0269. The van der Waals surface area contributed by atoms with E-state index in [9.17, 15) is 0 Å². The van der Waals surface area contributed by atoms with Gasteiger partial charge in [-0.15, -0.1) is 0 Å². The van der Waals surface area contributed by atoms with E-state index < -0.39 is 0 Å². The lowest BCUT2D eigenvalue weighted by Gasteiger charge is -2.15. The summed E-state index contributed by atoms with van der Waals surface area (Å²) in [4.78, 5) is 0. The SMILES string of the molecule is CCCCCCCOc1cc(OC)ccc1C(C)N. The molecule has 0 bridgehead atoms. The van der Waals surface area contributed by atoms with Crippen LogP contribution in [0.1, 0.15) is 57.6 Å². The molecule has 0 aliphatic carbocycles. The van der Waals surface area contributed by atoms with Gasteiger partial charge in [0.05, 0.1) is 13.7 Å². The van der Waals surface area contributed by atoms with Gasteiger partial charge in [0.15, 0.2) is 0 Å². The van der Waals surface area contributed by atoms with Crippen LogP contribution in [0.15, 0.2) is 18.2 Å². The second-order valence-electron chi connectivity index (χ2n) is 4.96. The number of benzene rings is 1. The van der Waals surface area contributed by atoms with Crippen LogP contribution in [0.3, 0.4) is 0 Å². The molecule has 0 aliphatic heterocycles. The molecule has 1 rings (SSSR count). The molecule has 1 atom stereocenters. The van der Waals surface area contributed by atoms with Crippen LogP contribution in [0.25, 0.3) is 0 Å². The number of hydrogen-bond donors (Lipinski definition) is 1. The number of rotatable bonds is 9. The number of hydrogen-bond acceptors (Lipinski definition) is 3. The van der Waals surface area contributed by atoms with Crippen molar-refractivity contribution in [1.82, 2.24) is 0 Å². The smallest absolute Gasteiger partial charge is 0.127 e. The largest absolute Gasteiger partial charge is 0.497 e. The summed E-state index contributed by atoms with van der Waals surface area (Å²) in [6.45, 7) is 4.94. The fourth-order valence-corrected chi connectivity index (χ4v) is 2.03. The summed E-state index contributed by atoms with van der Waals surface area (Å²) in [5.74, 6) is 1.66. The zero-order valence-electron chi connectivity index (χ0n) is 12.4. The lowest BCUT2D eigenvalue weighted by molar-refractivity contribution is 0.298. The maximum Gasteiger partial charge on any atom is 0.127 e. The Balaban J connectivity index is 2.50. The van der Waals surface area contributed by atoms with E-state index in [1.807, 2.05) is 25.1 Å². The zero-order valence-corrected chi connectivity index (χ0v) is 12.4. The van der Waals surface area contributed by atoms with Crippen LogP contribution in [0.5, 0.6) is 11.5 Å². The molecule has 0 fully saturated rings. The van der Waals surface area contributed by atoms with Crippen molar-refractivity contribution < 1.29 is 9.47 Å². The number of methoxy groups -OCH3 is 1. The fraction of sp³-hybridized carbons (Fsp3) is 0.625. The third kappa shape index (κ3) is 5.52. The van der Waals surface area contributed by atoms with Gasteiger partial charge in [-0.2, -0.15) is 0 Å². The Morgan fingerprint density at radius 2 is 1.89 bits per heavy atom. The molecule has 0 aliphatic rings. The molecule has 3 nitrogen and oxygen atoms in total. The maximum absolute atomic E-state index is 5.96. The van der Waals surface area contributed by atoms with Crippen molar-refractivity contribution in [2.24, 2.45) is 5.73 Å². The van der Waals surface area contributed by atoms with Gasteiger partial charge in [-0.25, -0.2) is 0 Å². The summed E-state index contributed by atoms with van der Waals surface area (Å²) in [7, 11) is 1.66. The van der Waals surface area contributed by atoms with Crippen molar-refractivity contribution in [3.8, 4) is 11.5 Å². The van der Waals surface area contributed by atoms with E-state index in [-0.39, 0.29) is 6.04 Å². The molecule has 0 heterocycles. The van der Waals surface area contributed by atoms with Crippen LogP contribution in [-0.4, -0.2) is 13.7 Å². The summed E-state index contributed by atoms with van der Waals surface area (Å²) in [6.07, 6.45) is 6.19. The van der Waals surface area contributed by atoms with Gasteiger partial charge in [0.2, 0.25) is 0 Å². The first-order valence-corrected chi connectivity index (χ1v) is 7.25. The molecule has 2 N–H and O–H groups in total. The summed E-state index contributed by atoms with van der Waals surface area (Å²) in [5.41, 5.74) is 6.99. The van der Waals surface area contributed by atoms with E-state index >= 15 is 0 Å². The van der Waals surface area contributed by atoms with Crippen molar-refractivity contribution in [2.75, 3.05) is 13.7 Å². The van der Waals surface area contributed by atoms with Crippen LogP contribution in [0.2, 0.25) is 0 Å². The molecule has 0 amide bonds. The van der Waals surface area contributed by atoms with E-state index in [0.29, 0.717) is 0 Å². The van der Waals surface area contributed by atoms with Gasteiger partial charge in [0.1, 0.15) is 11.5 Å². The third-order valence-electron chi connectivity index (χ3n) is 3.22. The van der Waals surface area contributed by atoms with Crippen molar-refractivity contribution in [2.45, 2.75) is 52.0 Å². The van der Waals surface area contributed by atoms with Crippen LogP contribution in [0, 0.1) is 0 Å². The Bertz CT molecular complexity index is 364. The second-order valence-corrected chi connectivity index (χ2v) is 4.96. The lowest BCUT2D eigenvalue weighted by Crippen LogP contribution is -2.09. The van der Waals surface area contributed by atoms with Gasteiger partial charge in [0.25, 0.3) is 0 Å². The molecule has 108 valence electrons. The van der Waals surface area contributed by atoms with Crippen molar-refractivity contribution >= 4 is 0 Å². The Morgan fingerprint density at radius 3 is 2.53 bits per heavy atom. The Hall–Kier alpha value is -1.22. The highest BCUT2D eigenvalue weighted by Crippen LogP contribution is 2.28.